The van der Waals surface area contributed by atoms with Crippen LogP contribution in [0.3, 0.4) is 0 Å². The van der Waals surface area contributed by atoms with Crippen LogP contribution in [0.2, 0.25) is 0 Å². The molecule has 0 aliphatic carbocycles. The van der Waals surface area contributed by atoms with Crippen molar-refractivity contribution in [3.63, 3.8) is 0 Å². The third kappa shape index (κ3) is 1.97. The maximum atomic E-state index is 5.60. The average molecular weight is 191 g/mol. The Morgan fingerprint density at radius 1 is 1.36 bits per heavy atom. The molecule has 1 aromatic carbocycles. The van der Waals surface area contributed by atoms with Gasteiger partial charge < -0.3 is 10.5 Å². The molecule has 1 aromatic rings. The van der Waals surface area contributed by atoms with Gasteiger partial charge in [-0.3, -0.25) is 0 Å². The molecule has 0 saturated carbocycles. The zero-order valence-corrected chi connectivity index (χ0v) is 8.41. The van der Waals surface area contributed by atoms with E-state index in [2.05, 4.69) is 24.3 Å². The fraction of sp³-hybridized carbons (Fsp3) is 0.500. The molecule has 2 rings (SSSR count). The number of ether oxygens (including phenoxy) is 1. The molecule has 14 heavy (non-hydrogen) atoms. The lowest BCUT2D eigenvalue weighted by molar-refractivity contribution is 0.194. The molecular weight excluding hydrogens is 174 g/mol. The minimum Gasteiger partial charge on any atom is -0.381 e. The molecule has 2 heteroatoms. The second kappa shape index (κ2) is 4.58. The maximum absolute atomic E-state index is 5.60. The number of nitrogens with two attached hydrogens (primary N) is 1. The van der Waals surface area contributed by atoms with Gasteiger partial charge in [0.1, 0.15) is 0 Å². The maximum Gasteiger partial charge on any atom is 0.0535 e. The Labute approximate surface area is 85.1 Å². The first kappa shape index (κ1) is 9.69. The van der Waals surface area contributed by atoms with Gasteiger partial charge in [-0.25, -0.2) is 0 Å². The molecule has 2 N–H and O–H groups in total. The van der Waals surface area contributed by atoms with Crippen LogP contribution in [0.25, 0.3) is 0 Å². The summed E-state index contributed by atoms with van der Waals surface area (Å²) in [6.45, 7) is 2.51. The van der Waals surface area contributed by atoms with Gasteiger partial charge in [0.2, 0.25) is 0 Å². The van der Waals surface area contributed by atoms with Gasteiger partial charge in [0, 0.05) is 12.5 Å². The molecule has 1 aliphatic rings. The van der Waals surface area contributed by atoms with Gasteiger partial charge in [-0.2, -0.15) is 0 Å². The highest BCUT2D eigenvalue weighted by atomic mass is 16.5. The third-order valence-corrected chi connectivity index (χ3v) is 2.84. The van der Waals surface area contributed by atoms with E-state index in [0.717, 1.165) is 32.6 Å². The van der Waals surface area contributed by atoms with Crippen molar-refractivity contribution in [2.75, 3.05) is 19.8 Å². The highest BCUT2D eigenvalue weighted by Crippen LogP contribution is 2.27. The topological polar surface area (TPSA) is 35.2 Å². The summed E-state index contributed by atoms with van der Waals surface area (Å²) in [6.07, 6.45) is 2.13. The van der Waals surface area contributed by atoms with E-state index in [4.69, 9.17) is 10.5 Å². The summed E-state index contributed by atoms with van der Waals surface area (Å²) in [5, 5.41) is 0. The lowest BCUT2D eigenvalue weighted by atomic mass is 9.92. The van der Waals surface area contributed by atoms with Crippen molar-refractivity contribution in [3.8, 4) is 0 Å². The van der Waals surface area contributed by atoms with Crippen LogP contribution >= 0.6 is 0 Å². The zero-order chi connectivity index (χ0) is 9.80. The second-order valence-electron chi connectivity index (χ2n) is 3.80. The number of hydrogen-bond acceptors (Lipinski definition) is 2. The van der Waals surface area contributed by atoms with Crippen molar-refractivity contribution in [2.45, 2.75) is 18.8 Å². The van der Waals surface area contributed by atoms with Crippen LogP contribution in [0.15, 0.2) is 24.3 Å². The first-order chi connectivity index (χ1) is 6.92. The Bertz CT molecular complexity index is 292. The molecule has 1 unspecified atom stereocenters. The highest BCUT2D eigenvalue weighted by molar-refractivity contribution is 5.31. The smallest absolute Gasteiger partial charge is 0.0535 e. The molecule has 1 atom stereocenters. The lowest BCUT2D eigenvalue weighted by Crippen LogP contribution is -2.08. The van der Waals surface area contributed by atoms with Gasteiger partial charge in [0.25, 0.3) is 0 Å². The summed E-state index contributed by atoms with van der Waals surface area (Å²) in [5.74, 6) is 0.595. The van der Waals surface area contributed by atoms with Crippen LogP contribution in [0, 0.1) is 0 Å². The molecule has 0 spiro atoms. The Hall–Kier alpha value is -0.860. The molecule has 1 aliphatic heterocycles. The molecule has 0 radical (unpaired) electrons. The summed E-state index contributed by atoms with van der Waals surface area (Å²) in [5.41, 5.74) is 8.43. The molecule has 2 nitrogen and oxygen atoms in total. The molecule has 76 valence electrons. The van der Waals surface area contributed by atoms with E-state index < -0.39 is 0 Å². The standard InChI is InChI=1S/C12H17NO/c13-7-5-10-3-1-2-4-12(10)11-6-8-14-9-11/h1-4,11H,5-9,13H2. The Balaban J connectivity index is 2.21. The van der Waals surface area contributed by atoms with Crippen LogP contribution in [0.1, 0.15) is 23.5 Å². The molecule has 1 saturated heterocycles. The van der Waals surface area contributed by atoms with Gasteiger partial charge in [-0.1, -0.05) is 24.3 Å². The van der Waals surface area contributed by atoms with Gasteiger partial charge in [0.05, 0.1) is 6.61 Å². The fourth-order valence-electron chi connectivity index (χ4n) is 2.10. The van der Waals surface area contributed by atoms with Crippen molar-refractivity contribution < 1.29 is 4.74 Å². The fourth-order valence-corrected chi connectivity index (χ4v) is 2.10. The van der Waals surface area contributed by atoms with Crippen LogP contribution in [-0.4, -0.2) is 19.8 Å². The van der Waals surface area contributed by atoms with Crippen molar-refractivity contribution in [1.82, 2.24) is 0 Å². The summed E-state index contributed by atoms with van der Waals surface area (Å²) in [7, 11) is 0. The predicted octanol–water partition coefficient (Wildman–Crippen LogP) is 1.69. The van der Waals surface area contributed by atoms with E-state index in [0.29, 0.717) is 5.92 Å². The Morgan fingerprint density at radius 2 is 2.21 bits per heavy atom. The normalized spacial score (nSPS) is 21.4. The van der Waals surface area contributed by atoms with Gasteiger partial charge in [-0.05, 0) is 30.5 Å². The largest absolute Gasteiger partial charge is 0.381 e. The van der Waals surface area contributed by atoms with E-state index in [1.54, 1.807) is 0 Å². The van der Waals surface area contributed by atoms with Gasteiger partial charge in [-0.15, -0.1) is 0 Å². The van der Waals surface area contributed by atoms with Crippen molar-refractivity contribution in [3.05, 3.63) is 35.4 Å². The monoisotopic (exact) mass is 191 g/mol. The molecular formula is C12H17NO. The van der Waals surface area contributed by atoms with Crippen molar-refractivity contribution >= 4 is 0 Å². The van der Waals surface area contributed by atoms with Gasteiger partial charge >= 0.3 is 0 Å². The summed E-state index contributed by atoms with van der Waals surface area (Å²) in [4.78, 5) is 0. The number of hydrogen-bond donors (Lipinski definition) is 1. The minimum absolute atomic E-state index is 0.595. The SMILES string of the molecule is NCCc1ccccc1C1CCOC1. The summed E-state index contributed by atoms with van der Waals surface area (Å²) in [6, 6.07) is 8.59. The van der Waals surface area contributed by atoms with Crippen LogP contribution < -0.4 is 5.73 Å². The van der Waals surface area contributed by atoms with Crippen LogP contribution in [-0.2, 0) is 11.2 Å². The highest BCUT2D eigenvalue weighted by Gasteiger charge is 2.19. The zero-order valence-electron chi connectivity index (χ0n) is 8.41. The number of rotatable bonds is 3. The van der Waals surface area contributed by atoms with E-state index in [-0.39, 0.29) is 0 Å². The predicted molar refractivity (Wildman–Crippen MR) is 57.4 cm³/mol. The van der Waals surface area contributed by atoms with E-state index >= 15 is 0 Å². The van der Waals surface area contributed by atoms with Gasteiger partial charge in [0.15, 0.2) is 0 Å². The molecule has 0 amide bonds. The first-order valence-corrected chi connectivity index (χ1v) is 5.27. The molecule has 1 fully saturated rings. The third-order valence-electron chi connectivity index (χ3n) is 2.84. The quantitative estimate of drug-likeness (QED) is 0.789. The van der Waals surface area contributed by atoms with Crippen molar-refractivity contribution in [2.24, 2.45) is 5.73 Å². The average Bonchev–Trinajstić information content (AvgIpc) is 2.72. The summed E-state index contributed by atoms with van der Waals surface area (Å²) < 4.78 is 5.41. The van der Waals surface area contributed by atoms with Crippen molar-refractivity contribution in [1.29, 1.82) is 0 Å². The van der Waals surface area contributed by atoms with E-state index in [1.807, 2.05) is 0 Å². The van der Waals surface area contributed by atoms with E-state index in [9.17, 15) is 0 Å². The second-order valence-corrected chi connectivity index (χ2v) is 3.80. The minimum atomic E-state index is 0.595. The Morgan fingerprint density at radius 3 is 2.93 bits per heavy atom. The summed E-state index contributed by atoms with van der Waals surface area (Å²) >= 11 is 0. The molecule has 0 aromatic heterocycles. The van der Waals surface area contributed by atoms with E-state index in [1.165, 1.54) is 11.1 Å². The molecule has 0 bridgehead atoms. The first-order valence-electron chi connectivity index (χ1n) is 5.27. The number of benzene rings is 1. The molecule has 1 heterocycles. The van der Waals surface area contributed by atoms with Crippen LogP contribution in [0.4, 0.5) is 0 Å². The Kier molecular flexibility index (Phi) is 3.17. The lowest BCUT2D eigenvalue weighted by Gasteiger charge is -2.13. The van der Waals surface area contributed by atoms with Crippen LogP contribution in [0.5, 0.6) is 0 Å².